The van der Waals surface area contributed by atoms with Gasteiger partial charge in [0.15, 0.2) is 4.34 Å². The second-order valence-electron chi connectivity index (χ2n) is 7.88. The van der Waals surface area contributed by atoms with Crippen LogP contribution in [0.3, 0.4) is 0 Å². The van der Waals surface area contributed by atoms with Gasteiger partial charge in [0, 0.05) is 24.3 Å². The van der Waals surface area contributed by atoms with Gasteiger partial charge in [-0.3, -0.25) is 14.9 Å². The number of benzene rings is 2. The van der Waals surface area contributed by atoms with Crippen molar-refractivity contribution >= 4 is 55.8 Å². The van der Waals surface area contributed by atoms with Gasteiger partial charge in [0.25, 0.3) is 5.91 Å². The van der Waals surface area contributed by atoms with Crippen molar-refractivity contribution in [1.82, 2.24) is 14.5 Å². The third kappa shape index (κ3) is 6.85. The first-order chi connectivity index (χ1) is 17.5. The van der Waals surface area contributed by atoms with Gasteiger partial charge in [0.1, 0.15) is 0 Å². The summed E-state index contributed by atoms with van der Waals surface area (Å²) in [5.41, 5.74) is -0.625. The molecule has 4 rings (SSSR count). The highest BCUT2D eigenvalue weighted by Gasteiger charge is 2.30. The maximum atomic E-state index is 12.8. The van der Waals surface area contributed by atoms with Gasteiger partial charge in [-0.2, -0.15) is 17.5 Å². The third-order valence-corrected chi connectivity index (χ3v) is 9.13. The van der Waals surface area contributed by atoms with E-state index in [1.807, 2.05) is 0 Å². The van der Waals surface area contributed by atoms with E-state index in [1.54, 1.807) is 0 Å². The molecule has 0 aliphatic carbocycles. The van der Waals surface area contributed by atoms with Crippen LogP contribution in [0.4, 0.5) is 24.0 Å². The Kier molecular flexibility index (Phi) is 8.16. The Morgan fingerprint density at radius 2 is 1.73 bits per heavy atom. The number of hydrogen-bond acceptors (Lipinski definition) is 8. The largest absolute Gasteiger partial charge is 0.416 e. The summed E-state index contributed by atoms with van der Waals surface area (Å²) >= 11 is 2.02. The van der Waals surface area contributed by atoms with Gasteiger partial charge in [-0.1, -0.05) is 29.2 Å². The first-order valence-electron chi connectivity index (χ1n) is 10.9. The lowest BCUT2D eigenvalue weighted by atomic mass is 10.2. The van der Waals surface area contributed by atoms with Crippen LogP contribution in [0, 0.1) is 0 Å². The zero-order valence-corrected chi connectivity index (χ0v) is 21.4. The molecule has 2 N–H and O–H groups in total. The number of carbonyl (C=O) groups excluding carboxylic acids is 2. The van der Waals surface area contributed by atoms with Crippen molar-refractivity contribution in [2.24, 2.45) is 0 Å². The minimum Gasteiger partial charge on any atom is -0.325 e. The van der Waals surface area contributed by atoms with Gasteiger partial charge in [0.2, 0.25) is 21.1 Å². The smallest absolute Gasteiger partial charge is 0.325 e. The molecule has 0 saturated carbocycles. The normalized spacial score (nSPS) is 14.5. The van der Waals surface area contributed by atoms with Gasteiger partial charge in [0.05, 0.1) is 16.2 Å². The Hall–Kier alpha value is -3.01. The lowest BCUT2D eigenvalue weighted by molar-refractivity contribution is -0.137. The SMILES string of the molecule is O=C(CSc1nnc(NC(=O)c2ccc(S(=O)(=O)N3CCCC3)cc2)s1)Nc1cccc(C(F)(F)F)c1. The summed E-state index contributed by atoms with van der Waals surface area (Å²) in [6.45, 7) is 0.962. The van der Waals surface area contributed by atoms with E-state index in [0.717, 1.165) is 48.1 Å². The molecule has 0 radical (unpaired) electrons. The van der Waals surface area contributed by atoms with E-state index in [4.69, 9.17) is 0 Å². The third-order valence-electron chi connectivity index (χ3n) is 5.25. The fraction of sp³-hybridized carbons (Fsp3) is 0.273. The van der Waals surface area contributed by atoms with E-state index in [2.05, 4.69) is 20.8 Å². The zero-order valence-electron chi connectivity index (χ0n) is 19.0. The van der Waals surface area contributed by atoms with Crippen LogP contribution in [0.15, 0.2) is 57.8 Å². The highest BCUT2D eigenvalue weighted by Crippen LogP contribution is 2.31. The molecule has 0 unspecified atom stereocenters. The second kappa shape index (κ2) is 11.2. The molecule has 1 saturated heterocycles. The van der Waals surface area contributed by atoms with Gasteiger partial charge in [-0.05, 0) is 55.3 Å². The Morgan fingerprint density at radius 3 is 2.41 bits per heavy atom. The van der Waals surface area contributed by atoms with Gasteiger partial charge in [-0.15, -0.1) is 10.2 Å². The van der Waals surface area contributed by atoms with Crippen LogP contribution in [0.25, 0.3) is 0 Å². The number of halogens is 3. The topological polar surface area (TPSA) is 121 Å². The van der Waals surface area contributed by atoms with Crippen LogP contribution in [0.1, 0.15) is 28.8 Å². The van der Waals surface area contributed by atoms with Crippen LogP contribution in [-0.4, -0.2) is 53.6 Å². The minimum atomic E-state index is -4.52. The number of nitrogens with one attached hydrogen (secondary N) is 2. The first kappa shape index (κ1) is 27.0. The molecule has 2 heterocycles. The molecule has 15 heteroatoms. The molecule has 9 nitrogen and oxygen atoms in total. The van der Waals surface area contributed by atoms with Crippen LogP contribution < -0.4 is 10.6 Å². The molecule has 0 bridgehead atoms. The maximum Gasteiger partial charge on any atom is 0.416 e. The number of amides is 2. The van der Waals surface area contributed by atoms with Crippen LogP contribution in [0.2, 0.25) is 0 Å². The van der Waals surface area contributed by atoms with Crippen LogP contribution in [-0.2, 0) is 21.0 Å². The van der Waals surface area contributed by atoms with Gasteiger partial charge in [-0.25, -0.2) is 8.42 Å². The highest BCUT2D eigenvalue weighted by molar-refractivity contribution is 8.01. The van der Waals surface area contributed by atoms with Crippen molar-refractivity contribution in [2.75, 3.05) is 29.5 Å². The summed E-state index contributed by atoms with van der Waals surface area (Å²) < 4.78 is 65.4. The van der Waals surface area contributed by atoms with Gasteiger partial charge < -0.3 is 5.32 Å². The lowest BCUT2D eigenvalue weighted by Gasteiger charge is -2.15. The van der Waals surface area contributed by atoms with E-state index in [0.29, 0.717) is 17.4 Å². The number of carbonyl (C=O) groups is 2. The van der Waals surface area contributed by atoms with Crippen molar-refractivity contribution in [1.29, 1.82) is 0 Å². The molecule has 37 heavy (non-hydrogen) atoms. The maximum absolute atomic E-state index is 12.8. The highest BCUT2D eigenvalue weighted by atomic mass is 32.2. The van der Waals surface area contributed by atoms with Crippen molar-refractivity contribution in [3.8, 4) is 0 Å². The standard InChI is InChI=1S/C22H20F3N5O4S3/c23-22(24,25)15-4-3-5-16(12-15)26-18(31)13-35-21-29-28-20(36-21)27-19(32)14-6-8-17(9-7-14)37(33,34)30-10-1-2-11-30/h3-9,12H,1-2,10-11,13H2,(H,26,31)(H,27,28,32). The average molecular weight is 572 g/mol. The predicted octanol–water partition coefficient (Wildman–Crippen LogP) is 4.32. The van der Waals surface area contributed by atoms with Crippen molar-refractivity contribution in [3.63, 3.8) is 0 Å². The number of thioether (sulfide) groups is 1. The fourth-order valence-electron chi connectivity index (χ4n) is 3.44. The summed E-state index contributed by atoms with van der Waals surface area (Å²) in [7, 11) is -3.58. The Labute approximate surface area is 218 Å². The molecule has 1 aliphatic rings. The molecule has 2 amide bonds. The second-order valence-corrected chi connectivity index (χ2v) is 12.0. The molecule has 1 aliphatic heterocycles. The Balaban J connectivity index is 1.29. The number of nitrogens with zero attached hydrogens (tertiary/aromatic N) is 3. The number of sulfonamides is 1. The molecular formula is C22H20F3N5O4S3. The number of hydrogen-bond donors (Lipinski definition) is 2. The van der Waals surface area contributed by atoms with Crippen LogP contribution >= 0.6 is 23.1 Å². The van der Waals surface area contributed by atoms with Crippen molar-refractivity contribution in [2.45, 2.75) is 28.3 Å². The Bertz CT molecular complexity index is 1390. The van der Waals surface area contributed by atoms with Crippen molar-refractivity contribution < 1.29 is 31.2 Å². The van der Waals surface area contributed by atoms with Gasteiger partial charge >= 0.3 is 6.18 Å². The number of anilines is 2. The number of aromatic nitrogens is 2. The predicted molar refractivity (Wildman–Crippen MR) is 133 cm³/mol. The molecule has 1 fully saturated rings. The van der Waals surface area contributed by atoms with E-state index >= 15 is 0 Å². The summed E-state index contributed by atoms with van der Waals surface area (Å²) in [4.78, 5) is 24.8. The number of alkyl halides is 3. The number of rotatable bonds is 8. The Morgan fingerprint density at radius 1 is 1.03 bits per heavy atom. The lowest BCUT2D eigenvalue weighted by Crippen LogP contribution is -2.27. The van der Waals surface area contributed by atoms with E-state index < -0.39 is 33.6 Å². The van der Waals surface area contributed by atoms with Crippen LogP contribution in [0.5, 0.6) is 0 Å². The summed E-state index contributed by atoms with van der Waals surface area (Å²) in [5.74, 6) is -1.18. The summed E-state index contributed by atoms with van der Waals surface area (Å²) in [6, 6.07) is 9.89. The quantitative estimate of drug-likeness (QED) is 0.305. The minimum absolute atomic E-state index is 0.0184. The fourth-order valence-corrected chi connectivity index (χ4v) is 6.51. The van der Waals surface area contributed by atoms with E-state index in [1.165, 1.54) is 40.7 Å². The summed E-state index contributed by atoms with van der Waals surface area (Å²) in [5, 5.41) is 12.9. The molecule has 0 spiro atoms. The van der Waals surface area contributed by atoms with Crippen molar-refractivity contribution in [3.05, 3.63) is 59.7 Å². The average Bonchev–Trinajstić information content (AvgIpc) is 3.55. The summed E-state index contributed by atoms with van der Waals surface area (Å²) in [6.07, 6.45) is -2.87. The molecular weight excluding hydrogens is 551 g/mol. The molecule has 0 atom stereocenters. The monoisotopic (exact) mass is 571 g/mol. The molecule has 2 aromatic carbocycles. The molecule has 196 valence electrons. The van der Waals surface area contributed by atoms with E-state index in [-0.39, 0.29) is 27.0 Å². The molecule has 3 aromatic rings. The van der Waals surface area contributed by atoms with E-state index in [9.17, 15) is 31.2 Å². The zero-order chi connectivity index (χ0) is 26.6. The molecule has 1 aromatic heterocycles. The first-order valence-corrected chi connectivity index (χ1v) is 14.1.